The standard InChI is InChI=1S/2C20H21.C7H14Si.2ClH.Zr/c2*1-14-12-16-6-5-7-18(19(16)13-14)15-8-10-17(11-9-15)20(2,3)4;1-8-7-5-3-2-4-6-7;;;/h2*5-13H,1-4H3;7H,2-6H2,1H3;2*1H;/q;;;;;+2/p-2. The maximum absolute atomic E-state index is 8.91. The predicted octanol–water partition coefficient (Wildman–Crippen LogP) is 15.2. The number of hydrogen-bond acceptors (Lipinski definition) is 0. The molecule has 2 unspecified atom stereocenters. The van der Waals surface area contributed by atoms with Crippen molar-refractivity contribution in [3.05, 3.63) is 129 Å². The van der Waals surface area contributed by atoms with E-state index in [-0.39, 0.29) is 18.1 Å². The first kappa shape index (κ1) is 37.4. The van der Waals surface area contributed by atoms with Crippen molar-refractivity contribution in [2.75, 3.05) is 0 Å². The Morgan fingerprint density at radius 1 is 0.569 bits per heavy atom. The zero-order chi connectivity index (χ0) is 36.5. The van der Waals surface area contributed by atoms with Gasteiger partial charge in [-0.1, -0.05) is 0 Å². The molecule has 0 saturated heterocycles. The van der Waals surface area contributed by atoms with E-state index in [1.54, 1.807) is 0 Å². The summed E-state index contributed by atoms with van der Waals surface area (Å²) >= 11 is -4.96. The number of halogens is 2. The maximum atomic E-state index is 8.91. The zero-order valence-electron chi connectivity index (χ0n) is 32.3. The second-order valence-electron chi connectivity index (χ2n) is 18.1. The molecule has 4 aromatic rings. The van der Waals surface area contributed by atoms with Gasteiger partial charge in [0.15, 0.2) is 0 Å². The van der Waals surface area contributed by atoms with Gasteiger partial charge in [-0.2, -0.15) is 0 Å². The molecule has 1 saturated carbocycles. The molecule has 3 aliphatic carbocycles. The van der Waals surface area contributed by atoms with Gasteiger partial charge in [0.2, 0.25) is 0 Å². The SMILES string of the molecule is CC1=Cc2c(-c3ccc(C(C)(C)C)cc3)cccc2[CH]1[Zr]([Cl])([Cl])([CH]1C(C)=Cc2c(-c3ccc(C(C)(C)C)cc3)cccc21)=[Si](C)C1CCCCC1. The van der Waals surface area contributed by atoms with E-state index in [9.17, 15) is 0 Å². The second-order valence-corrected chi connectivity index (χ2v) is 55.5. The first-order valence-electron chi connectivity index (χ1n) is 19.3. The van der Waals surface area contributed by atoms with Crippen LogP contribution in [0.3, 0.4) is 0 Å². The molecule has 4 aromatic carbocycles. The molecule has 0 radical (unpaired) electrons. The van der Waals surface area contributed by atoms with E-state index >= 15 is 0 Å². The average molecular weight is 811 g/mol. The number of fused-ring (bicyclic) bond motifs is 2. The van der Waals surface area contributed by atoms with Crippen molar-refractivity contribution in [3.8, 4) is 22.3 Å². The summed E-state index contributed by atoms with van der Waals surface area (Å²) in [5.41, 5.74) is 15.7. The molecule has 0 heterocycles. The number of rotatable bonds is 5. The van der Waals surface area contributed by atoms with Crippen LogP contribution < -0.4 is 0 Å². The van der Waals surface area contributed by atoms with Crippen LogP contribution in [-0.2, 0) is 25.8 Å². The van der Waals surface area contributed by atoms with E-state index in [0.29, 0.717) is 5.54 Å². The summed E-state index contributed by atoms with van der Waals surface area (Å²) in [4.78, 5) is 0. The Labute approximate surface area is 316 Å². The molecular formula is C47H56Cl2SiZr. The van der Waals surface area contributed by atoms with Gasteiger partial charge in [0.05, 0.1) is 0 Å². The molecule has 51 heavy (non-hydrogen) atoms. The van der Waals surface area contributed by atoms with E-state index in [0.717, 1.165) is 0 Å². The third-order valence-electron chi connectivity index (χ3n) is 12.7. The van der Waals surface area contributed by atoms with Crippen LogP contribution in [0, 0.1) is 0 Å². The topological polar surface area (TPSA) is 0 Å². The van der Waals surface area contributed by atoms with Gasteiger partial charge in [-0.3, -0.25) is 0 Å². The van der Waals surface area contributed by atoms with Gasteiger partial charge >= 0.3 is 319 Å². The second kappa shape index (κ2) is 13.4. The number of benzene rings is 4. The molecular weight excluding hydrogens is 755 g/mol. The van der Waals surface area contributed by atoms with Crippen LogP contribution in [0.2, 0.25) is 12.1 Å². The average Bonchev–Trinajstić information content (AvgIpc) is 3.64. The van der Waals surface area contributed by atoms with Crippen molar-refractivity contribution < 1.29 is 15.0 Å². The monoisotopic (exact) mass is 808 g/mol. The van der Waals surface area contributed by atoms with Gasteiger partial charge in [-0.15, -0.1) is 0 Å². The summed E-state index contributed by atoms with van der Waals surface area (Å²) in [6.07, 6.45) is 11.4. The van der Waals surface area contributed by atoms with Crippen molar-refractivity contribution in [1.82, 2.24) is 0 Å². The van der Waals surface area contributed by atoms with Gasteiger partial charge in [0.1, 0.15) is 0 Å². The van der Waals surface area contributed by atoms with Gasteiger partial charge < -0.3 is 0 Å². The molecule has 266 valence electrons. The van der Waals surface area contributed by atoms with E-state index in [2.05, 4.69) is 159 Å². The summed E-state index contributed by atoms with van der Waals surface area (Å²) < 4.78 is 0.182. The minimum atomic E-state index is -4.96. The zero-order valence-corrected chi connectivity index (χ0v) is 37.2. The molecule has 7 rings (SSSR count). The summed E-state index contributed by atoms with van der Waals surface area (Å²) in [5.74, 6) is 0. The molecule has 2 atom stereocenters. The van der Waals surface area contributed by atoms with Crippen LogP contribution in [0.25, 0.3) is 34.4 Å². The van der Waals surface area contributed by atoms with E-state index in [1.165, 1.54) is 98.9 Å². The number of hydrogen-bond donors (Lipinski definition) is 0. The van der Waals surface area contributed by atoms with E-state index in [4.69, 9.17) is 17.0 Å². The van der Waals surface area contributed by atoms with Crippen molar-refractivity contribution in [2.24, 2.45) is 0 Å². The molecule has 0 aliphatic heterocycles. The van der Waals surface area contributed by atoms with Crippen LogP contribution in [0.5, 0.6) is 0 Å². The van der Waals surface area contributed by atoms with Crippen molar-refractivity contribution in [3.63, 3.8) is 0 Å². The molecule has 0 aromatic heterocycles. The van der Waals surface area contributed by atoms with Crippen LogP contribution in [0.4, 0.5) is 0 Å². The molecule has 0 N–H and O–H groups in total. The van der Waals surface area contributed by atoms with Crippen LogP contribution >= 0.6 is 17.0 Å². The van der Waals surface area contributed by atoms with Crippen molar-refractivity contribution in [1.29, 1.82) is 0 Å². The van der Waals surface area contributed by atoms with Crippen molar-refractivity contribution in [2.45, 2.75) is 118 Å². The van der Waals surface area contributed by atoms with Gasteiger partial charge in [-0.25, -0.2) is 0 Å². The Balaban J connectivity index is 1.42. The Morgan fingerprint density at radius 3 is 1.33 bits per heavy atom. The Kier molecular flexibility index (Phi) is 9.82. The molecule has 0 spiro atoms. The first-order valence-corrected chi connectivity index (χ1v) is 34.2. The molecule has 3 aliphatic rings. The van der Waals surface area contributed by atoms with Gasteiger partial charge in [0.25, 0.3) is 0 Å². The minimum absolute atomic E-state index is 0.0911. The third-order valence-corrected chi connectivity index (χ3v) is 58.3. The molecule has 4 heteroatoms. The Morgan fingerprint density at radius 2 is 0.961 bits per heavy atom. The predicted molar refractivity (Wildman–Crippen MR) is 224 cm³/mol. The van der Waals surface area contributed by atoms with E-state index < -0.39 is 20.4 Å². The fourth-order valence-corrected chi connectivity index (χ4v) is 53.7. The van der Waals surface area contributed by atoms with Crippen LogP contribution in [0.1, 0.15) is 128 Å². The summed E-state index contributed by atoms with van der Waals surface area (Å²) in [7, 11) is 17.8. The molecule has 0 bridgehead atoms. The van der Waals surface area contributed by atoms with Gasteiger partial charge in [0, 0.05) is 0 Å². The first-order chi connectivity index (χ1) is 24.0. The number of allylic oxidation sites excluding steroid dienone is 2. The van der Waals surface area contributed by atoms with Crippen molar-refractivity contribution >= 4 is 34.6 Å². The third kappa shape index (κ3) is 6.41. The van der Waals surface area contributed by atoms with E-state index in [1.807, 2.05) is 0 Å². The Bertz CT molecular complexity index is 1990. The molecule has 1 fully saturated rings. The summed E-state index contributed by atoms with van der Waals surface area (Å²) in [6, 6.07) is 32.3. The fraction of sp³-hybridized carbons (Fsp3) is 0.404. The normalized spacial score (nSPS) is 19.8. The Hall–Kier alpha value is -1.96. The molecule has 0 amide bonds. The summed E-state index contributed by atoms with van der Waals surface area (Å²) in [6.45, 7) is 21.0. The van der Waals surface area contributed by atoms with Gasteiger partial charge in [-0.05, 0) is 0 Å². The van der Waals surface area contributed by atoms with Crippen LogP contribution in [0.15, 0.2) is 96.1 Å². The van der Waals surface area contributed by atoms with Crippen LogP contribution in [-0.4, -0.2) is 5.43 Å². The molecule has 0 nitrogen and oxygen atoms in total. The fourth-order valence-electron chi connectivity index (χ4n) is 9.86. The quantitative estimate of drug-likeness (QED) is 0.176. The summed E-state index contributed by atoms with van der Waals surface area (Å²) in [5, 5.41) is 0.